The van der Waals surface area contributed by atoms with Crippen molar-refractivity contribution >= 4 is 22.7 Å². The fourth-order valence-corrected chi connectivity index (χ4v) is 2.67. The van der Waals surface area contributed by atoms with E-state index >= 15 is 0 Å². The van der Waals surface area contributed by atoms with Crippen LogP contribution < -0.4 is 4.90 Å². The highest BCUT2D eigenvalue weighted by Gasteiger charge is 2.16. The van der Waals surface area contributed by atoms with Gasteiger partial charge in [-0.1, -0.05) is 24.6 Å². The van der Waals surface area contributed by atoms with Crippen LogP contribution in [-0.4, -0.2) is 18.1 Å². The van der Waals surface area contributed by atoms with Gasteiger partial charge in [0, 0.05) is 24.6 Å². The average molecular weight is 311 g/mol. The first kappa shape index (κ1) is 15.1. The fraction of sp³-hybridized carbons (Fsp3) is 0.467. The lowest BCUT2D eigenvalue weighted by Gasteiger charge is -2.24. The van der Waals surface area contributed by atoms with Crippen LogP contribution in [-0.2, 0) is 0 Å². The molecule has 0 spiro atoms. The van der Waals surface area contributed by atoms with Crippen molar-refractivity contribution in [2.45, 2.75) is 34.1 Å². The second-order valence-corrected chi connectivity index (χ2v) is 4.97. The Morgan fingerprint density at radius 3 is 2.22 bits per heavy atom. The van der Waals surface area contributed by atoms with Gasteiger partial charge < -0.3 is 9.80 Å². The molecule has 2 rings (SSSR count). The Labute approximate surface area is 121 Å². The summed E-state index contributed by atoms with van der Waals surface area (Å²) in [4.78, 5) is 4.71. The molecule has 0 unspecified atom stereocenters. The number of anilines is 1. The van der Waals surface area contributed by atoms with Crippen LogP contribution in [0.5, 0.6) is 0 Å². The zero-order chi connectivity index (χ0) is 12.4. The number of hydrogen-bond donors (Lipinski definition) is 0. The first-order valence-electron chi connectivity index (χ1n) is 6.38. The molecule has 1 aromatic carbocycles. The molecule has 100 valence electrons. The van der Waals surface area contributed by atoms with Crippen molar-refractivity contribution in [3.05, 3.63) is 41.2 Å². The topological polar surface area (TPSA) is 6.48 Å². The van der Waals surface area contributed by atoms with Crippen LogP contribution in [0, 0.1) is 20.8 Å². The molecule has 0 atom stereocenters. The smallest absolute Gasteiger partial charge is 0.0942 e. The van der Waals surface area contributed by atoms with Gasteiger partial charge >= 0.3 is 0 Å². The van der Waals surface area contributed by atoms with Crippen molar-refractivity contribution in [2.24, 2.45) is 0 Å². The lowest BCUT2D eigenvalue weighted by atomic mass is 10.0. The number of halogens is 1. The molecule has 1 heterocycles. The third-order valence-electron chi connectivity index (χ3n) is 3.22. The highest BCUT2D eigenvalue weighted by molar-refractivity contribution is 8.93. The van der Waals surface area contributed by atoms with E-state index in [9.17, 15) is 0 Å². The molecule has 0 saturated carbocycles. The van der Waals surface area contributed by atoms with E-state index in [4.69, 9.17) is 0 Å². The van der Waals surface area contributed by atoms with Gasteiger partial charge in [0.05, 0.1) is 6.67 Å². The maximum Gasteiger partial charge on any atom is 0.0942 e. The molecule has 18 heavy (non-hydrogen) atoms. The van der Waals surface area contributed by atoms with Crippen molar-refractivity contribution in [3.8, 4) is 0 Å². The van der Waals surface area contributed by atoms with Crippen molar-refractivity contribution in [2.75, 3.05) is 18.1 Å². The van der Waals surface area contributed by atoms with Gasteiger partial charge in [0.2, 0.25) is 0 Å². The molecule has 1 aliphatic rings. The summed E-state index contributed by atoms with van der Waals surface area (Å²) in [5, 5.41) is 0. The molecule has 0 aliphatic carbocycles. The number of aryl methyl sites for hydroxylation is 3. The van der Waals surface area contributed by atoms with E-state index in [0.29, 0.717) is 0 Å². The molecular weight excluding hydrogens is 288 g/mol. The van der Waals surface area contributed by atoms with Crippen molar-refractivity contribution in [3.63, 3.8) is 0 Å². The van der Waals surface area contributed by atoms with Crippen molar-refractivity contribution < 1.29 is 0 Å². The van der Waals surface area contributed by atoms with E-state index in [1.54, 1.807) is 0 Å². The van der Waals surface area contributed by atoms with E-state index in [2.05, 4.69) is 62.0 Å². The Bertz CT molecular complexity index is 417. The Morgan fingerprint density at radius 2 is 1.67 bits per heavy atom. The van der Waals surface area contributed by atoms with Crippen LogP contribution in [0.15, 0.2) is 24.5 Å². The summed E-state index contributed by atoms with van der Waals surface area (Å²) in [5.41, 5.74) is 5.44. The fourth-order valence-electron chi connectivity index (χ4n) is 2.67. The van der Waals surface area contributed by atoms with Gasteiger partial charge in [0.15, 0.2) is 0 Å². The highest BCUT2D eigenvalue weighted by atomic mass is 79.9. The molecule has 0 amide bonds. The van der Waals surface area contributed by atoms with Gasteiger partial charge in [-0.15, -0.1) is 17.0 Å². The minimum absolute atomic E-state index is 0. The molecular formula is C15H23BrN2. The van der Waals surface area contributed by atoms with Crippen LogP contribution >= 0.6 is 17.0 Å². The third-order valence-corrected chi connectivity index (χ3v) is 3.22. The second kappa shape index (κ2) is 6.28. The van der Waals surface area contributed by atoms with Crippen LogP contribution in [0.1, 0.15) is 30.0 Å². The van der Waals surface area contributed by atoms with E-state index < -0.39 is 0 Å². The zero-order valence-corrected chi connectivity index (χ0v) is 13.4. The summed E-state index contributed by atoms with van der Waals surface area (Å²) < 4.78 is 0. The van der Waals surface area contributed by atoms with Gasteiger partial charge in [-0.3, -0.25) is 0 Å². The van der Waals surface area contributed by atoms with E-state index in [0.717, 1.165) is 13.2 Å². The van der Waals surface area contributed by atoms with E-state index in [-0.39, 0.29) is 17.0 Å². The van der Waals surface area contributed by atoms with Gasteiger partial charge in [0.1, 0.15) is 0 Å². The molecule has 1 aromatic rings. The Balaban J connectivity index is 0.00000162. The summed E-state index contributed by atoms with van der Waals surface area (Å²) in [6.07, 6.45) is 5.59. The quantitative estimate of drug-likeness (QED) is 0.827. The normalized spacial score (nSPS) is 14.0. The number of benzene rings is 1. The predicted octanol–water partition coefficient (Wildman–Crippen LogP) is 4.15. The predicted molar refractivity (Wildman–Crippen MR) is 84.5 cm³/mol. The maximum atomic E-state index is 2.36. The maximum absolute atomic E-state index is 2.36. The molecule has 0 saturated heterocycles. The van der Waals surface area contributed by atoms with Crippen LogP contribution in [0.3, 0.4) is 0 Å². The molecule has 0 aromatic heterocycles. The highest BCUT2D eigenvalue weighted by Crippen LogP contribution is 2.28. The molecule has 0 bridgehead atoms. The van der Waals surface area contributed by atoms with Crippen LogP contribution in [0.4, 0.5) is 5.69 Å². The summed E-state index contributed by atoms with van der Waals surface area (Å²) in [6, 6.07) is 4.53. The largest absolute Gasteiger partial charge is 0.358 e. The molecule has 0 fully saturated rings. The molecule has 3 heteroatoms. The Morgan fingerprint density at radius 1 is 1.06 bits per heavy atom. The molecule has 0 N–H and O–H groups in total. The summed E-state index contributed by atoms with van der Waals surface area (Å²) >= 11 is 0. The molecule has 0 radical (unpaired) electrons. The Kier molecular flexibility index (Phi) is 5.27. The minimum atomic E-state index is 0. The number of nitrogens with zero attached hydrogens (tertiary/aromatic N) is 2. The standard InChI is InChI=1S/C15H22N2.BrH/c1-5-6-16-7-8-17(11-16)15-13(3)9-12(2)10-14(15)4;/h7-10H,5-6,11H2,1-4H3;1H. The van der Waals surface area contributed by atoms with Crippen molar-refractivity contribution in [1.29, 1.82) is 0 Å². The van der Waals surface area contributed by atoms with E-state index in [1.807, 2.05) is 0 Å². The summed E-state index contributed by atoms with van der Waals surface area (Å²) in [5.74, 6) is 0. The summed E-state index contributed by atoms with van der Waals surface area (Å²) in [7, 11) is 0. The lowest BCUT2D eigenvalue weighted by Crippen LogP contribution is -2.26. The second-order valence-electron chi connectivity index (χ2n) is 4.97. The monoisotopic (exact) mass is 310 g/mol. The SMILES string of the molecule is Br.CCCN1C=CN(c2c(C)cc(C)cc2C)C1. The minimum Gasteiger partial charge on any atom is -0.358 e. The zero-order valence-electron chi connectivity index (χ0n) is 11.7. The molecule has 1 aliphatic heterocycles. The van der Waals surface area contributed by atoms with Crippen LogP contribution in [0.2, 0.25) is 0 Å². The van der Waals surface area contributed by atoms with Gasteiger partial charge in [-0.25, -0.2) is 0 Å². The first-order chi connectivity index (χ1) is 8.11. The van der Waals surface area contributed by atoms with Gasteiger partial charge in [-0.2, -0.15) is 0 Å². The first-order valence-corrected chi connectivity index (χ1v) is 6.38. The Hall–Kier alpha value is -0.960. The number of hydrogen-bond acceptors (Lipinski definition) is 2. The summed E-state index contributed by atoms with van der Waals surface area (Å²) in [6.45, 7) is 10.9. The van der Waals surface area contributed by atoms with Crippen LogP contribution in [0.25, 0.3) is 0 Å². The van der Waals surface area contributed by atoms with Gasteiger partial charge in [-0.05, 0) is 38.3 Å². The number of rotatable bonds is 3. The van der Waals surface area contributed by atoms with Crippen molar-refractivity contribution in [1.82, 2.24) is 4.90 Å². The lowest BCUT2D eigenvalue weighted by molar-refractivity contribution is 0.406. The van der Waals surface area contributed by atoms with E-state index in [1.165, 1.54) is 28.8 Å². The average Bonchev–Trinajstić information content (AvgIpc) is 2.65. The molecule has 2 nitrogen and oxygen atoms in total. The third kappa shape index (κ3) is 3.08. The van der Waals surface area contributed by atoms with Gasteiger partial charge in [0.25, 0.3) is 0 Å².